The van der Waals surface area contributed by atoms with E-state index in [2.05, 4.69) is 10.2 Å². The Morgan fingerprint density at radius 2 is 1.03 bits per heavy atom. The molecule has 2 heterocycles. The monoisotopic (exact) mass is 490 g/mol. The van der Waals surface area contributed by atoms with Gasteiger partial charge in [-0.05, 0) is 23.3 Å². The highest BCUT2D eigenvalue weighted by Gasteiger charge is 2.34. The van der Waals surface area contributed by atoms with Gasteiger partial charge in [-0.2, -0.15) is 36.5 Å². The molecule has 0 unspecified atom stereocenters. The number of aromatic nitrogens is 4. The predicted octanol–water partition coefficient (Wildman–Crippen LogP) is 3.60. The average molecular weight is 490 g/mol. The molecule has 0 amide bonds. The molecular weight excluding hydrogens is 474 g/mol. The Balaban J connectivity index is 1.41. The van der Waals surface area contributed by atoms with E-state index in [4.69, 9.17) is 9.47 Å². The number of hydrogen-bond acceptors (Lipinski definition) is 6. The van der Waals surface area contributed by atoms with Crippen molar-refractivity contribution in [2.24, 2.45) is 0 Å². The van der Waals surface area contributed by atoms with Gasteiger partial charge >= 0.3 is 24.3 Å². The lowest BCUT2D eigenvalue weighted by Crippen LogP contribution is -2.15. The second-order valence-corrected chi connectivity index (χ2v) is 6.93. The fourth-order valence-corrected chi connectivity index (χ4v) is 2.62. The molecule has 0 aliphatic rings. The van der Waals surface area contributed by atoms with E-state index in [-0.39, 0.29) is 13.2 Å². The van der Waals surface area contributed by atoms with E-state index in [1.54, 1.807) is 24.3 Å². The zero-order valence-electron chi connectivity index (χ0n) is 17.1. The van der Waals surface area contributed by atoms with Gasteiger partial charge in [0, 0.05) is 12.4 Å². The molecule has 182 valence electrons. The minimum Gasteiger partial charge on any atom is -0.459 e. The third kappa shape index (κ3) is 7.08. The standard InChI is InChI=1S/C20H16F6N4O4/c21-19(22,23)15-5-7-29(27-15)9-17(31)33-11-13-1-2-14(4-3-13)12-34-18(32)10-30-8-6-16(28-30)20(24,25)26/h1-8H,9-12H2. The number of halogens is 6. The molecule has 1 aromatic carbocycles. The number of benzene rings is 1. The first kappa shape index (κ1) is 24.8. The van der Waals surface area contributed by atoms with E-state index < -0.39 is 48.8 Å². The van der Waals surface area contributed by atoms with Gasteiger partial charge in [-0.1, -0.05) is 24.3 Å². The van der Waals surface area contributed by atoms with Crippen molar-refractivity contribution in [1.29, 1.82) is 0 Å². The van der Waals surface area contributed by atoms with Gasteiger partial charge in [-0.3, -0.25) is 19.0 Å². The summed E-state index contributed by atoms with van der Waals surface area (Å²) in [4.78, 5) is 23.6. The lowest BCUT2D eigenvalue weighted by molar-refractivity contribution is -0.147. The third-order valence-corrected chi connectivity index (χ3v) is 4.27. The van der Waals surface area contributed by atoms with Crippen LogP contribution in [-0.4, -0.2) is 31.5 Å². The molecule has 0 radical (unpaired) electrons. The van der Waals surface area contributed by atoms with Crippen LogP contribution in [0, 0.1) is 0 Å². The second-order valence-electron chi connectivity index (χ2n) is 6.93. The maximum absolute atomic E-state index is 12.5. The molecule has 0 saturated carbocycles. The van der Waals surface area contributed by atoms with Gasteiger partial charge in [0.2, 0.25) is 0 Å². The van der Waals surface area contributed by atoms with Crippen LogP contribution in [0.25, 0.3) is 0 Å². The molecule has 8 nitrogen and oxygen atoms in total. The molecule has 3 aromatic rings. The zero-order valence-corrected chi connectivity index (χ0v) is 17.1. The van der Waals surface area contributed by atoms with E-state index in [9.17, 15) is 35.9 Å². The normalized spacial score (nSPS) is 11.9. The first-order valence-corrected chi connectivity index (χ1v) is 9.50. The molecule has 0 aliphatic carbocycles. The number of ether oxygens (including phenoxy) is 2. The summed E-state index contributed by atoms with van der Waals surface area (Å²) in [6.07, 6.45) is -7.19. The molecule has 14 heteroatoms. The summed E-state index contributed by atoms with van der Waals surface area (Å²) >= 11 is 0. The van der Waals surface area contributed by atoms with Gasteiger partial charge in [0.1, 0.15) is 26.3 Å². The van der Waals surface area contributed by atoms with Gasteiger partial charge in [0.15, 0.2) is 11.4 Å². The largest absolute Gasteiger partial charge is 0.459 e. The maximum atomic E-state index is 12.5. The fourth-order valence-electron chi connectivity index (χ4n) is 2.62. The number of nitrogens with zero attached hydrogens (tertiary/aromatic N) is 4. The van der Waals surface area contributed by atoms with Crippen LogP contribution < -0.4 is 0 Å². The molecule has 0 atom stereocenters. The molecule has 0 aliphatic heterocycles. The first-order valence-electron chi connectivity index (χ1n) is 9.50. The van der Waals surface area contributed by atoms with Crippen molar-refractivity contribution in [3.8, 4) is 0 Å². The highest BCUT2D eigenvalue weighted by atomic mass is 19.4. The van der Waals surface area contributed by atoms with Crippen molar-refractivity contribution >= 4 is 11.9 Å². The summed E-state index contributed by atoms with van der Waals surface area (Å²) in [7, 11) is 0. The molecule has 2 aromatic heterocycles. The van der Waals surface area contributed by atoms with Crippen LogP contribution in [-0.2, 0) is 57.7 Å². The van der Waals surface area contributed by atoms with E-state index in [1.165, 1.54) is 0 Å². The number of carbonyl (C=O) groups is 2. The van der Waals surface area contributed by atoms with Crippen molar-refractivity contribution in [2.45, 2.75) is 38.7 Å². The number of esters is 2. The minimum absolute atomic E-state index is 0.146. The number of carbonyl (C=O) groups excluding carboxylic acids is 2. The van der Waals surface area contributed by atoms with E-state index in [0.29, 0.717) is 11.1 Å². The summed E-state index contributed by atoms with van der Waals surface area (Å²) in [5, 5.41) is 6.51. The van der Waals surface area contributed by atoms with Crippen LogP contribution in [0.15, 0.2) is 48.8 Å². The van der Waals surface area contributed by atoms with Crippen LogP contribution in [0.2, 0.25) is 0 Å². The smallest absolute Gasteiger partial charge is 0.435 e. The van der Waals surface area contributed by atoms with Gasteiger partial charge in [-0.25, -0.2) is 0 Å². The molecule has 0 saturated heterocycles. The summed E-state index contributed by atoms with van der Waals surface area (Å²) in [6, 6.07) is 7.80. The molecule has 34 heavy (non-hydrogen) atoms. The van der Waals surface area contributed by atoms with Gasteiger partial charge in [0.25, 0.3) is 0 Å². The van der Waals surface area contributed by atoms with E-state index in [0.717, 1.165) is 33.9 Å². The molecule has 0 fully saturated rings. The Kier molecular flexibility index (Phi) is 7.27. The first-order chi connectivity index (χ1) is 15.9. The Morgan fingerprint density at radius 1 is 0.676 bits per heavy atom. The van der Waals surface area contributed by atoms with Gasteiger partial charge < -0.3 is 9.47 Å². The summed E-state index contributed by atoms with van der Waals surface area (Å²) in [5.41, 5.74) is -1.10. The van der Waals surface area contributed by atoms with Crippen LogP contribution in [0.1, 0.15) is 22.5 Å². The second kappa shape index (κ2) is 9.97. The van der Waals surface area contributed by atoms with Crippen molar-refractivity contribution in [1.82, 2.24) is 19.6 Å². The predicted molar refractivity (Wildman–Crippen MR) is 100 cm³/mol. The molecule has 0 N–H and O–H groups in total. The maximum Gasteiger partial charge on any atom is 0.435 e. The van der Waals surface area contributed by atoms with Crippen LogP contribution in [0.4, 0.5) is 26.3 Å². The van der Waals surface area contributed by atoms with Crippen molar-refractivity contribution in [3.63, 3.8) is 0 Å². The lowest BCUT2D eigenvalue weighted by atomic mass is 10.1. The van der Waals surface area contributed by atoms with Gasteiger partial charge in [-0.15, -0.1) is 0 Å². The summed E-state index contributed by atoms with van der Waals surface area (Å²) in [5.74, 6) is -1.58. The SMILES string of the molecule is O=C(Cn1ccc(C(F)(F)F)n1)OCc1ccc(COC(=O)Cn2ccc(C(F)(F)F)n2)cc1. The Morgan fingerprint density at radius 3 is 1.32 bits per heavy atom. The van der Waals surface area contributed by atoms with Crippen molar-refractivity contribution in [3.05, 3.63) is 71.3 Å². The molecule has 3 rings (SSSR count). The third-order valence-electron chi connectivity index (χ3n) is 4.27. The number of hydrogen-bond donors (Lipinski definition) is 0. The minimum atomic E-state index is -4.61. The summed E-state index contributed by atoms with van der Waals surface area (Å²) < 4.78 is 86.7. The quantitative estimate of drug-likeness (QED) is 0.354. The Bertz CT molecular complexity index is 1050. The highest BCUT2D eigenvalue weighted by Crippen LogP contribution is 2.28. The number of alkyl halides is 6. The van der Waals surface area contributed by atoms with Gasteiger partial charge in [0.05, 0.1) is 0 Å². The molecule has 0 spiro atoms. The van der Waals surface area contributed by atoms with Crippen molar-refractivity contribution in [2.75, 3.05) is 0 Å². The highest BCUT2D eigenvalue weighted by molar-refractivity contribution is 5.69. The Hall–Kier alpha value is -3.84. The van der Waals surface area contributed by atoms with Crippen LogP contribution >= 0.6 is 0 Å². The topological polar surface area (TPSA) is 88.2 Å². The van der Waals surface area contributed by atoms with E-state index in [1.807, 2.05) is 0 Å². The van der Waals surface area contributed by atoms with E-state index >= 15 is 0 Å². The lowest BCUT2D eigenvalue weighted by Gasteiger charge is -2.08. The molecular formula is C20H16F6N4O4. The Labute approximate surface area is 187 Å². The van der Waals surface area contributed by atoms with Crippen molar-refractivity contribution < 1.29 is 45.4 Å². The number of rotatable bonds is 8. The summed E-state index contributed by atoms with van der Waals surface area (Å²) in [6.45, 7) is -1.28. The zero-order chi connectivity index (χ0) is 24.9. The van der Waals surface area contributed by atoms with Crippen LogP contribution in [0.3, 0.4) is 0 Å². The fraction of sp³-hybridized carbons (Fsp3) is 0.300. The molecule has 0 bridgehead atoms. The van der Waals surface area contributed by atoms with Crippen LogP contribution in [0.5, 0.6) is 0 Å². The average Bonchev–Trinajstić information content (AvgIpc) is 3.41.